The van der Waals surface area contributed by atoms with Gasteiger partial charge in [0.2, 0.25) is 0 Å². The molecule has 112 valence electrons. The fourth-order valence-corrected chi connectivity index (χ4v) is 3.14. The van der Waals surface area contributed by atoms with Gasteiger partial charge >= 0.3 is 0 Å². The molecule has 0 radical (unpaired) electrons. The van der Waals surface area contributed by atoms with Crippen LogP contribution in [0, 0.1) is 0 Å². The number of hydrogen-bond acceptors (Lipinski definition) is 0. The van der Waals surface area contributed by atoms with E-state index in [2.05, 4.69) is 71.4 Å². The predicted octanol–water partition coefficient (Wildman–Crippen LogP) is 6.01. The molecule has 1 heterocycles. The zero-order valence-corrected chi connectivity index (χ0v) is 13.4. The van der Waals surface area contributed by atoms with Crippen molar-refractivity contribution in [3.63, 3.8) is 0 Å². The lowest BCUT2D eigenvalue weighted by Gasteiger charge is -2.08. The normalized spacial score (nSPS) is 11.0. The van der Waals surface area contributed by atoms with Crippen LogP contribution in [0.3, 0.4) is 0 Å². The van der Waals surface area contributed by atoms with E-state index in [0.717, 1.165) is 17.1 Å². The molecule has 0 aliphatic rings. The highest BCUT2D eigenvalue weighted by Crippen LogP contribution is 2.27. The lowest BCUT2D eigenvalue weighted by molar-refractivity contribution is 0.837. The first-order chi connectivity index (χ1) is 11.3. The highest BCUT2D eigenvalue weighted by molar-refractivity contribution is 6.30. The third-order valence-electron chi connectivity index (χ3n) is 4.13. The minimum absolute atomic E-state index is 0.766. The van der Waals surface area contributed by atoms with Crippen LogP contribution in [0.4, 0.5) is 0 Å². The van der Waals surface area contributed by atoms with Crippen LogP contribution in [0.15, 0.2) is 85.1 Å². The maximum Gasteiger partial charge on any atom is 0.0489 e. The molecule has 0 atom stereocenters. The lowest BCUT2D eigenvalue weighted by Crippen LogP contribution is -1.97. The van der Waals surface area contributed by atoms with E-state index in [-0.39, 0.29) is 0 Å². The number of benzene rings is 3. The fourth-order valence-electron chi connectivity index (χ4n) is 2.95. The molecule has 0 saturated carbocycles. The fraction of sp³-hybridized carbons (Fsp3) is 0.0476. The van der Waals surface area contributed by atoms with Gasteiger partial charge in [0.25, 0.3) is 0 Å². The summed E-state index contributed by atoms with van der Waals surface area (Å²) in [6.45, 7) is 0.878. The minimum Gasteiger partial charge on any atom is -0.343 e. The molecule has 3 aromatic carbocycles. The van der Waals surface area contributed by atoms with Gasteiger partial charge in [-0.15, -0.1) is 0 Å². The van der Waals surface area contributed by atoms with Crippen molar-refractivity contribution in [2.75, 3.05) is 0 Å². The summed E-state index contributed by atoms with van der Waals surface area (Å²) in [5.41, 5.74) is 4.88. The smallest absolute Gasteiger partial charge is 0.0489 e. The van der Waals surface area contributed by atoms with Gasteiger partial charge in [-0.05, 0) is 46.3 Å². The first-order valence-electron chi connectivity index (χ1n) is 7.68. The van der Waals surface area contributed by atoms with Gasteiger partial charge in [-0.2, -0.15) is 0 Å². The standard InChI is InChI=1S/C21H16ClN/c22-20-8-4-7-18(13-20)19-10-9-17-11-12-23(21(17)14-19)15-16-5-2-1-3-6-16/h1-14H,15H2. The molecule has 0 N–H and O–H groups in total. The summed E-state index contributed by atoms with van der Waals surface area (Å²) in [6, 6.07) is 27.3. The highest BCUT2D eigenvalue weighted by Gasteiger charge is 2.05. The van der Waals surface area contributed by atoms with Gasteiger partial charge in [-0.25, -0.2) is 0 Å². The molecule has 0 unspecified atom stereocenters. The van der Waals surface area contributed by atoms with Crippen molar-refractivity contribution in [3.8, 4) is 11.1 Å². The molecule has 23 heavy (non-hydrogen) atoms. The molecule has 0 bridgehead atoms. The Morgan fingerprint density at radius 1 is 0.739 bits per heavy atom. The first kappa shape index (κ1) is 14.1. The Bertz CT molecular complexity index is 954. The summed E-state index contributed by atoms with van der Waals surface area (Å²) in [6.07, 6.45) is 2.15. The molecule has 4 aromatic rings. The van der Waals surface area contributed by atoms with E-state index < -0.39 is 0 Å². The molecule has 1 aromatic heterocycles. The van der Waals surface area contributed by atoms with Crippen LogP contribution < -0.4 is 0 Å². The highest BCUT2D eigenvalue weighted by atomic mass is 35.5. The molecule has 4 rings (SSSR count). The minimum atomic E-state index is 0.766. The number of hydrogen-bond donors (Lipinski definition) is 0. The third-order valence-corrected chi connectivity index (χ3v) is 4.36. The maximum atomic E-state index is 6.13. The van der Waals surface area contributed by atoms with Crippen molar-refractivity contribution in [3.05, 3.63) is 95.6 Å². The van der Waals surface area contributed by atoms with E-state index in [0.29, 0.717) is 0 Å². The summed E-state index contributed by atoms with van der Waals surface area (Å²) < 4.78 is 2.29. The molecule has 0 aliphatic carbocycles. The van der Waals surface area contributed by atoms with Crippen LogP contribution in [0.5, 0.6) is 0 Å². The van der Waals surface area contributed by atoms with Gasteiger partial charge in [-0.3, -0.25) is 0 Å². The van der Waals surface area contributed by atoms with Crippen molar-refractivity contribution in [1.29, 1.82) is 0 Å². The molecular weight excluding hydrogens is 302 g/mol. The molecule has 0 amide bonds. The van der Waals surface area contributed by atoms with Gasteiger partial charge in [0.15, 0.2) is 0 Å². The predicted molar refractivity (Wildman–Crippen MR) is 97.9 cm³/mol. The van der Waals surface area contributed by atoms with Crippen LogP contribution in [0.25, 0.3) is 22.0 Å². The number of aromatic nitrogens is 1. The third kappa shape index (κ3) is 2.88. The molecule has 1 nitrogen and oxygen atoms in total. The average molecular weight is 318 g/mol. The summed E-state index contributed by atoms with van der Waals surface area (Å²) in [7, 11) is 0. The van der Waals surface area contributed by atoms with E-state index >= 15 is 0 Å². The summed E-state index contributed by atoms with van der Waals surface area (Å²) >= 11 is 6.13. The van der Waals surface area contributed by atoms with Crippen LogP contribution in [0.2, 0.25) is 5.02 Å². The van der Waals surface area contributed by atoms with E-state index in [1.54, 1.807) is 0 Å². The Morgan fingerprint density at radius 3 is 2.39 bits per heavy atom. The zero-order valence-electron chi connectivity index (χ0n) is 12.6. The van der Waals surface area contributed by atoms with Gasteiger partial charge in [-0.1, -0.05) is 66.2 Å². The van der Waals surface area contributed by atoms with E-state index in [1.165, 1.54) is 22.0 Å². The van der Waals surface area contributed by atoms with Crippen molar-refractivity contribution in [2.24, 2.45) is 0 Å². The Morgan fingerprint density at radius 2 is 1.57 bits per heavy atom. The SMILES string of the molecule is Clc1cccc(-c2ccc3ccn(Cc4ccccc4)c3c2)c1. The van der Waals surface area contributed by atoms with Crippen molar-refractivity contribution >= 4 is 22.5 Å². The second kappa shape index (κ2) is 5.94. The summed E-state index contributed by atoms with van der Waals surface area (Å²) in [5, 5.41) is 2.02. The number of halogens is 1. The van der Waals surface area contributed by atoms with Crippen molar-refractivity contribution in [1.82, 2.24) is 4.57 Å². The van der Waals surface area contributed by atoms with Crippen molar-refractivity contribution in [2.45, 2.75) is 6.54 Å². The van der Waals surface area contributed by atoms with Crippen LogP contribution in [-0.4, -0.2) is 4.57 Å². The van der Waals surface area contributed by atoms with Gasteiger partial charge in [0, 0.05) is 23.3 Å². The van der Waals surface area contributed by atoms with E-state index in [9.17, 15) is 0 Å². The molecule has 0 aliphatic heterocycles. The Kier molecular flexibility index (Phi) is 3.64. The molecule has 0 spiro atoms. The molecular formula is C21H16ClN. The summed E-state index contributed by atoms with van der Waals surface area (Å²) in [5.74, 6) is 0. The zero-order chi connectivity index (χ0) is 15.6. The topological polar surface area (TPSA) is 4.93 Å². The lowest BCUT2D eigenvalue weighted by atomic mass is 10.0. The molecule has 2 heteroatoms. The second-order valence-electron chi connectivity index (χ2n) is 5.71. The molecule has 0 fully saturated rings. The quantitative estimate of drug-likeness (QED) is 0.436. The number of rotatable bonds is 3. The van der Waals surface area contributed by atoms with E-state index in [4.69, 9.17) is 11.6 Å². The monoisotopic (exact) mass is 317 g/mol. The first-order valence-corrected chi connectivity index (χ1v) is 8.06. The largest absolute Gasteiger partial charge is 0.343 e. The van der Waals surface area contributed by atoms with Gasteiger partial charge in [0.05, 0.1) is 0 Å². The van der Waals surface area contributed by atoms with Gasteiger partial charge in [0.1, 0.15) is 0 Å². The Balaban J connectivity index is 1.77. The second-order valence-corrected chi connectivity index (χ2v) is 6.15. The maximum absolute atomic E-state index is 6.13. The Hall–Kier alpha value is -2.51. The number of nitrogens with zero attached hydrogens (tertiary/aromatic N) is 1. The summed E-state index contributed by atoms with van der Waals surface area (Å²) in [4.78, 5) is 0. The van der Waals surface area contributed by atoms with Crippen LogP contribution in [-0.2, 0) is 6.54 Å². The van der Waals surface area contributed by atoms with Crippen molar-refractivity contribution < 1.29 is 0 Å². The van der Waals surface area contributed by atoms with E-state index in [1.807, 2.05) is 18.2 Å². The average Bonchev–Trinajstić information content (AvgIpc) is 2.98. The number of fused-ring (bicyclic) bond motifs is 1. The molecule has 0 saturated heterocycles. The van der Waals surface area contributed by atoms with Crippen LogP contribution >= 0.6 is 11.6 Å². The van der Waals surface area contributed by atoms with Crippen LogP contribution in [0.1, 0.15) is 5.56 Å². The Labute approximate surface area is 140 Å². The van der Waals surface area contributed by atoms with Gasteiger partial charge < -0.3 is 4.57 Å².